The fourth-order valence-corrected chi connectivity index (χ4v) is 1.46. The van der Waals surface area contributed by atoms with Gasteiger partial charge in [-0.15, -0.1) is 11.8 Å². The molecule has 0 aromatic carbocycles. The molecule has 7 nitrogen and oxygen atoms in total. The summed E-state index contributed by atoms with van der Waals surface area (Å²) in [6, 6.07) is -0.777. The molecule has 0 aliphatic rings. The number of imide groups is 1. The Labute approximate surface area is 97.0 Å². The minimum Gasteiger partial charge on any atom is -0.468 e. The number of alkyl carbamates (subject to hydrolysis) is 1. The van der Waals surface area contributed by atoms with Gasteiger partial charge in [0.25, 0.3) is 0 Å². The maximum absolute atomic E-state index is 11.0. The van der Waals surface area contributed by atoms with E-state index in [1.54, 1.807) is 0 Å². The Kier molecular flexibility index (Phi) is 7.31. The number of thioether (sulfide) groups is 1. The van der Waals surface area contributed by atoms with Crippen LogP contribution in [0.1, 0.15) is 0 Å². The highest BCUT2D eigenvalue weighted by atomic mass is 32.2. The van der Waals surface area contributed by atoms with Crippen LogP contribution >= 0.6 is 11.8 Å². The number of carbonyl (C=O) groups is 3. The Bertz CT molecular complexity index is 271. The predicted molar refractivity (Wildman–Crippen MR) is 57.9 cm³/mol. The van der Waals surface area contributed by atoms with Crippen molar-refractivity contribution in [1.82, 2.24) is 5.32 Å². The fourth-order valence-electron chi connectivity index (χ4n) is 0.699. The van der Waals surface area contributed by atoms with Gasteiger partial charge in [-0.3, -0.25) is 14.9 Å². The van der Waals surface area contributed by atoms with Gasteiger partial charge in [0, 0.05) is 5.75 Å². The van der Waals surface area contributed by atoms with Crippen LogP contribution in [0.3, 0.4) is 0 Å². The number of nitrogens with one attached hydrogen (secondary N) is 1. The van der Waals surface area contributed by atoms with Crippen LogP contribution in [0.2, 0.25) is 0 Å². The molecule has 0 heterocycles. The summed E-state index contributed by atoms with van der Waals surface area (Å²) in [4.78, 5) is 32.5. The Hall–Kier alpha value is -1.28. The molecule has 0 radical (unpaired) electrons. The van der Waals surface area contributed by atoms with E-state index >= 15 is 0 Å². The summed E-state index contributed by atoms with van der Waals surface area (Å²) < 4.78 is 8.62. The third kappa shape index (κ3) is 6.25. The fraction of sp³-hybridized carbons (Fsp3) is 0.625. The van der Waals surface area contributed by atoms with Crippen molar-refractivity contribution >= 4 is 29.7 Å². The van der Waals surface area contributed by atoms with Crippen LogP contribution in [-0.4, -0.2) is 49.7 Å². The monoisotopic (exact) mass is 250 g/mol. The summed E-state index contributed by atoms with van der Waals surface area (Å²) in [5, 5.41) is 1.97. The third-order valence-corrected chi connectivity index (χ3v) is 2.52. The summed E-state index contributed by atoms with van der Waals surface area (Å²) in [7, 11) is 2.39. The van der Waals surface area contributed by atoms with Crippen molar-refractivity contribution in [2.45, 2.75) is 6.04 Å². The average molecular weight is 250 g/mol. The first-order valence-electron chi connectivity index (χ1n) is 4.30. The molecule has 8 heteroatoms. The molecule has 3 N–H and O–H groups in total. The van der Waals surface area contributed by atoms with Gasteiger partial charge in [-0.25, -0.2) is 4.79 Å². The largest absolute Gasteiger partial charge is 0.468 e. The van der Waals surface area contributed by atoms with Gasteiger partial charge in [-0.05, 0) is 0 Å². The van der Waals surface area contributed by atoms with Crippen molar-refractivity contribution in [1.29, 1.82) is 0 Å². The smallest absolute Gasteiger partial charge is 0.413 e. The molecule has 0 aromatic heterocycles. The van der Waals surface area contributed by atoms with Gasteiger partial charge >= 0.3 is 12.1 Å². The van der Waals surface area contributed by atoms with E-state index in [2.05, 4.69) is 9.47 Å². The molecular formula is C8H14N2O5S. The molecule has 1 atom stereocenters. The molecule has 0 spiro atoms. The molecule has 0 fully saturated rings. The molecule has 16 heavy (non-hydrogen) atoms. The summed E-state index contributed by atoms with van der Waals surface area (Å²) in [6.07, 6.45) is -0.817. The second kappa shape index (κ2) is 7.94. The van der Waals surface area contributed by atoms with Crippen LogP contribution in [0.4, 0.5) is 4.79 Å². The maximum Gasteiger partial charge on any atom is 0.413 e. The van der Waals surface area contributed by atoms with Crippen molar-refractivity contribution < 1.29 is 23.9 Å². The number of ether oxygens (including phenoxy) is 2. The highest BCUT2D eigenvalue weighted by Gasteiger charge is 2.14. The summed E-state index contributed by atoms with van der Waals surface area (Å²) in [6.45, 7) is 0. The lowest BCUT2D eigenvalue weighted by Gasteiger charge is -2.08. The SMILES string of the molecule is COC(=O)NC(=O)CSCC(N)C(=O)OC. The summed E-state index contributed by atoms with van der Waals surface area (Å²) >= 11 is 1.12. The molecule has 0 saturated heterocycles. The molecule has 0 saturated carbocycles. The number of hydrogen-bond acceptors (Lipinski definition) is 7. The lowest BCUT2D eigenvalue weighted by Crippen LogP contribution is -2.35. The maximum atomic E-state index is 11.0. The van der Waals surface area contributed by atoms with Gasteiger partial charge in [0.2, 0.25) is 5.91 Å². The Morgan fingerprint density at radius 1 is 1.31 bits per heavy atom. The van der Waals surface area contributed by atoms with Gasteiger partial charge < -0.3 is 15.2 Å². The Morgan fingerprint density at radius 2 is 1.94 bits per heavy atom. The predicted octanol–water partition coefficient (Wildman–Crippen LogP) is -0.897. The minimum absolute atomic E-state index is 0.0137. The van der Waals surface area contributed by atoms with Crippen LogP contribution in [0.25, 0.3) is 0 Å². The molecular weight excluding hydrogens is 236 g/mol. The van der Waals surface area contributed by atoms with Gasteiger partial charge in [0.05, 0.1) is 20.0 Å². The second-order valence-corrected chi connectivity index (χ2v) is 3.71. The van der Waals surface area contributed by atoms with Crippen LogP contribution in [-0.2, 0) is 19.1 Å². The number of rotatable bonds is 5. The van der Waals surface area contributed by atoms with E-state index < -0.39 is 24.0 Å². The van der Waals surface area contributed by atoms with E-state index in [9.17, 15) is 14.4 Å². The van der Waals surface area contributed by atoms with E-state index in [4.69, 9.17) is 5.73 Å². The van der Waals surface area contributed by atoms with Crippen molar-refractivity contribution in [3.05, 3.63) is 0 Å². The van der Waals surface area contributed by atoms with E-state index in [1.807, 2.05) is 5.32 Å². The highest BCUT2D eigenvalue weighted by Crippen LogP contribution is 2.02. The number of methoxy groups -OCH3 is 2. The number of esters is 1. The van der Waals surface area contributed by atoms with E-state index in [0.717, 1.165) is 18.9 Å². The van der Waals surface area contributed by atoms with Gasteiger partial charge in [-0.1, -0.05) is 0 Å². The van der Waals surface area contributed by atoms with Gasteiger partial charge in [0.15, 0.2) is 0 Å². The summed E-state index contributed by atoms with van der Waals surface area (Å²) in [5.41, 5.74) is 5.42. The second-order valence-electron chi connectivity index (χ2n) is 2.68. The lowest BCUT2D eigenvalue weighted by atomic mass is 10.4. The normalized spacial score (nSPS) is 11.4. The van der Waals surface area contributed by atoms with Crippen LogP contribution in [0.5, 0.6) is 0 Å². The van der Waals surface area contributed by atoms with Crippen LogP contribution in [0, 0.1) is 0 Å². The van der Waals surface area contributed by atoms with Crippen LogP contribution < -0.4 is 11.1 Å². The van der Waals surface area contributed by atoms with Crippen molar-refractivity contribution in [2.24, 2.45) is 5.73 Å². The minimum atomic E-state index is -0.817. The van der Waals surface area contributed by atoms with E-state index in [0.29, 0.717) is 0 Å². The molecule has 0 aliphatic carbocycles. The first-order chi connectivity index (χ1) is 7.51. The number of carbonyl (C=O) groups excluding carboxylic acids is 3. The topological polar surface area (TPSA) is 108 Å². The molecule has 0 aromatic rings. The van der Waals surface area contributed by atoms with E-state index in [1.165, 1.54) is 7.11 Å². The third-order valence-electron chi connectivity index (χ3n) is 1.46. The quantitative estimate of drug-likeness (QED) is 0.609. The molecule has 2 amide bonds. The van der Waals surface area contributed by atoms with Crippen molar-refractivity contribution in [3.63, 3.8) is 0 Å². The highest BCUT2D eigenvalue weighted by molar-refractivity contribution is 8.00. The zero-order valence-corrected chi connectivity index (χ0v) is 9.83. The van der Waals surface area contributed by atoms with Crippen molar-refractivity contribution in [3.8, 4) is 0 Å². The molecule has 0 bridgehead atoms. The number of hydrogen-bond donors (Lipinski definition) is 2. The first kappa shape index (κ1) is 14.7. The molecule has 0 rings (SSSR count). The zero-order chi connectivity index (χ0) is 12.6. The average Bonchev–Trinajstić information content (AvgIpc) is 2.27. The number of amides is 2. The van der Waals surface area contributed by atoms with Crippen molar-refractivity contribution in [2.75, 3.05) is 25.7 Å². The lowest BCUT2D eigenvalue weighted by molar-refractivity contribution is -0.141. The van der Waals surface area contributed by atoms with E-state index in [-0.39, 0.29) is 11.5 Å². The Balaban J connectivity index is 3.69. The van der Waals surface area contributed by atoms with Gasteiger partial charge in [-0.2, -0.15) is 0 Å². The molecule has 1 unspecified atom stereocenters. The summed E-state index contributed by atoms with van der Waals surface area (Å²) in [5.74, 6) is -0.795. The molecule has 92 valence electrons. The number of nitrogens with two attached hydrogens (primary N) is 1. The molecule has 0 aliphatic heterocycles. The van der Waals surface area contributed by atoms with Crippen LogP contribution in [0.15, 0.2) is 0 Å². The van der Waals surface area contributed by atoms with Gasteiger partial charge in [0.1, 0.15) is 6.04 Å². The zero-order valence-electron chi connectivity index (χ0n) is 9.02. The Morgan fingerprint density at radius 3 is 2.44 bits per heavy atom. The standard InChI is InChI=1S/C8H14N2O5S/c1-14-7(12)5(9)3-16-4-6(11)10-8(13)15-2/h5H,3-4,9H2,1-2H3,(H,10,11,13). The first-order valence-corrected chi connectivity index (χ1v) is 5.45.